The van der Waals surface area contributed by atoms with Crippen molar-refractivity contribution in [2.75, 3.05) is 0 Å². The third-order valence-corrected chi connectivity index (χ3v) is 31.6. The van der Waals surface area contributed by atoms with Gasteiger partial charge in [-0.1, -0.05) is 0 Å². The summed E-state index contributed by atoms with van der Waals surface area (Å²) in [7, 11) is 372. The third-order valence-electron chi connectivity index (χ3n) is 21.1. The Morgan fingerprint density at radius 1 is 0.0865 bits per heavy atom. The summed E-state index contributed by atoms with van der Waals surface area (Å²) in [6.45, 7) is 0. The molecule has 2 atom stereocenters. The van der Waals surface area contributed by atoms with E-state index in [0.29, 0.717) is 0 Å². The summed E-state index contributed by atoms with van der Waals surface area (Å²) >= 11 is 0. The molecule has 0 aliphatic heterocycles. The Hall–Kier alpha value is 7.48. The lowest BCUT2D eigenvalue weighted by molar-refractivity contribution is 3.23. The van der Waals surface area contributed by atoms with Crippen LogP contribution in [-0.4, -0.2) is 722 Å². The van der Waals surface area contributed by atoms with E-state index in [2.05, 4.69) is 0 Å². The molecular formula is B102P2. The summed E-state index contributed by atoms with van der Waals surface area (Å²) in [5.74, 6) is 0. The van der Waals surface area contributed by atoms with E-state index in [-0.39, 0.29) is 0 Å². The number of hydrogen-bond acceptors (Lipinski definition) is 0. The van der Waals surface area contributed by atoms with E-state index in [9.17, 15) is 0 Å². The van der Waals surface area contributed by atoms with Crippen LogP contribution in [0.4, 0.5) is 0 Å². The zero-order valence-corrected chi connectivity index (χ0v) is 61.6. The van der Waals surface area contributed by atoms with E-state index in [4.69, 9.17) is 410 Å². The Morgan fingerprint density at radius 2 is 0.173 bits per heavy atom. The third kappa shape index (κ3) is 29.9. The minimum absolute atomic E-state index is 1.80. The van der Waals surface area contributed by atoms with Gasteiger partial charge in [0.2, 0.25) is 0 Å². The lowest BCUT2D eigenvalue weighted by Gasteiger charge is -2.65. The zero-order valence-electron chi connectivity index (χ0n) is 59.8. The molecule has 104 heavy (non-hydrogen) atoms. The van der Waals surface area contributed by atoms with E-state index >= 15 is 0 Å². The maximum atomic E-state index is 7.63. The lowest BCUT2D eigenvalue weighted by atomic mass is 8.36. The molecule has 0 bridgehead atoms. The summed E-state index contributed by atoms with van der Waals surface area (Å²) < 4.78 is 0. The minimum Gasteiger partial charge on any atom is -0.203 e. The molecule has 0 saturated carbocycles. The molecule has 0 heterocycles. The largest absolute Gasteiger partial charge is 0.203 e. The van der Waals surface area contributed by atoms with E-state index in [1.165, 1.54) is 0 Å². The molecule has 0 aromatic heterocycles. The van der Waals surface area contributed by atoms with E-state index in [0.717, 1.165) is 0 Å². The minimum atomic E-state index is -3.77. The summed E-state index contributed by atoms with van der Waals surface area (Å²) in [6, 6.07) is 0. The summed E-state index contributed by atoms with van der Waals surface area (Å²) in [5.41, 5.74) is 0. The van der Waals surface area contributed by atoms with Crippen molar-refractivity contribution in [3.05, 3.63) is 0 Å². The second-order valence-electron chi connectivity index (χ2n) is 28.7. The van der Waals surface area contributed by atoms with Crippen LogP contribution in [0, 0.1) is 0 Å². The number of rotatable bonds is 50. The van der Waals surface area contributed by atoms with Crippen molar-refractivity contribution in [3.63, 3.8) is 0 Å². The van der Waals surface area contributed by atoms with Crippen LogP contribution in [0.3, 0.4) is 0 Å². The maximum Gasteiger partial charge on any atom is 0.0670 e. The summed E-state index contributed by atoms with van der Waals surface area (Å²) in [4.78, 5) is 0. The van der Waals surface area contributed by atoms with Gasteiger partial charge in [0.1, 0.15) is 0 Å². The van der Waals surface area contributed by atoms with Crippen molar-refractivity contribution in [1.29, 1.82) is 0 Å². The fourth-order valence-corrected chi connectivity index (χ4v) is 32.5. The average molecular weight is 1160 g/mol. The van der Waals surface area contributed by atoms with Gasteiger partial charge in [0.25, 0.3) is 0 Å². The molecule has 0 rings (SSSR count). The summed E-state index contributed by atoms with van der Waals surface area (Å²) in [6.07, 6.45) is -92.9. The first kappa shape index (κ1) is 111. The maximum absolute atomic E-state index is 7.63. The standard InChI is InChI=1S/B102P2/c1-54(2)80(53)93(79(51)52)100(94(81(55(3)4)56(5)6)82(57(7)8)58(9)10)104(102(97(87(67(27)28)68(29)30)88(69(31)32)70(33)34)98(89(71(35)36)72(37)38)90(73(39)40)74(41)42)103(99(91(75(43)44)76(45)46)92(77(47)48)78(49)50)101(95(83(59(11)12)60(13)14)84(61(15)16)62(17)18)96(85(63(19)20)64(21)22)86(65(23)24)66(25)26. The highest BCUT2D eigenvalue weighted by Crippen LogP contribution is 2.77. The van der Waals surface area contributed by atoms with Gasteiger partial charge in [0.15, 0.2) is 0 Å². The van der Waals surface area contributed by atoms with Gasteiger partial charge in [-0.2, -0.15) is 0 Å². The van der Waals surface area contributed by atoms with Crippen molar-refractivity contribution in [2.45, 2.75) is 0 Å². The van der Waals surface area contributed by atoms with E-state index in [1.807, 2.05) is 0 Å². The lowest BCUT2D eigenvalue weighted by Crippen LogP contribution is -2.90. The van der Waals surface area contributed by atoms with E-state index < -0.39 is 327 Å². The Kier molecular flexibility index (Phi) is 55.1. The van der Waals surface area contributed by atoms with Gasteiger partial charge in [-0.3, -0.25) is 0 Å². The van der Waals surface area contributed by atoms with Gasteiger partial charge in [-0.05, 0) is 0 Å². The summed E-state index contributed by atoms with van der Waals surface area (Å²) in [5, 5.41) is 0. The molecule has 0 nitrogen and oxygen atoms in total. The van der Waals surface area contributed by atoms with E-state index in [1.54, 1.807) is 0 Å². The van der Waals surface area contributed by atoms with Crippen LogP contribution in [0.2, 0.25) is 0 Å². The van der Waals surface area contributed by atoms with Gasteiger partial charge in [0.05, 0.1) is 24.9 Å². The molecule has 2 unspecified atom stereocenters. The first-order valence-corrected chi connectivity index (χ1v) is 37.6. The van der Waals surface area contributed by atoms with Crippen molar-refractivity contribution in [2.24, 2.45) is 0 Å². The van der Waals surface area contributed by atoms with Gasteiger partial charge >= 0.3 is 0 Å². The van der Waals surface area contributed by atoms with Crippen molar-refractivity contribution < 1.29 is 0 Å². The van der Waals surface area contributed by atoms with Crippen LogP contribution in [0.25, 0.3) is 0 Å². The van der Waals surface area contributed by atoms with Crippen LogP contribution in [0.15, 0.2) is 0 Å². The molecule has 104 heteroatoms. The predicted octanol–water partition coefficient (Wildman–Crippen LogP) is -37.1. The molecule has 0 saturated heterocycles. The van der Waals surface area contributed by atoms with Crippen molar-refractivity contribution in [1.82, 2.24) is 0 Å². The second kappa shape index (κ2) is 51.4. The molecule has 0 aromatic carbocycles. The van der Waals surface area contributed by atoms with Crippen LogP contribution >= 0.6 is 14.7 Å². The molecule has 316 valence electrons. The fraction of sp³-hybridized carbons (Fsp3) is 0. The molecule has 106 radical (unpaired) electrons. The quantitative estimate of drug-likeness (QED) is 0.0421. The Balaban J connectivity index is 15.0. The predicted molar refractivity (Wildman–Crippen MR) is 601 cm³/mol. The normalized spacial score (nSPS) is 10.5. The molecule has 0 amide bonds. The van der Waals surface area contributed by atoms with Gasteiger partial charge in [-0.25, -0.2) is 14.7 Å². The van der Waals surface area contributed by atoms with Crippen LogP contribution in [-0.2, 0) is 0 Å². The second-order valence-corrected chi connectivity index (χ2v) is 35.4. The van der Waals surface area contributed by atoms with Gasteiger partial charge in [0, 0.05) is 697 Å². The highest BCUT2D eigenvalue weighted by molar-refractivity contribution is 8.86. The molecule has 0 N–H and O–H groups in total. The topological polar surface area (TPSA) is 0 Å². The van der Waals surface area contributed by atoms with Gasteiger partial charge < -0.3 is 0 Å². The molecular weight excluding hydrogens is 1160 g/mol. The highest BCUT2D eigenvalue weighted by atomic mass is 32.1. The monoisotopic (exact) mass is 1180 g/mol. The zero-order chi connectivity index (χ0) is 82.4. The number of hydrogen-bond donors (Lipinski definition) is 0. The first-order valence-electron chi connectivity index (χ1n) is 33.9. The molecule has 0 aromatic rings. The molecule has 0 fully saturated rings. The Labute approximate surface area is 729 Å². The fourth-order valence-electron chi connectivity index (χ4n) is 17.1. The molecule has 0 aliphatic carbocycles. The first-order chi connectivity index (χ1) is 47.3. The highest BCUT2D eigenvalue weighted by Gasteiger charge is 2.68. The smallest absolute Gasteiger partial charge is 0.0670 e. The Morgan fingerprint density at radius 3 is 0.260 bits per heavy atom. The SMILES string of the molecule is [B]B([B])B([B])B(B([B])[B])B(B(B(B([B])[B])B([B])[B])B(B([B])[B])B([B])[B])P(B(B(B(B([B])[B])B([B])[B])B(B([B])[B])B([B])[B])B(B(B([B])[B])B([B])[B])B(B([B])[B])B([B])[B])P(B(B(B([B])[B])B([B])[B])B(B([B])[B])B([B])[B])B(B(B(B([B])[B])B([B])[B])B(B([B])[B])B([B])[B])B(B(B([B])[B])B([B])[B])B(B([B])[B])B([B])[B]. The van der Waals surface area contributed by atoms with Crippen LogP contribution in [0.5, 0.6) is 0 Å². The molecule has 0 spiro atoms. The van der Waals surface area contributed by atoms with Gasteiger partial charge in [-0.15, -0.1) is 0 Å². The molecule has 0 aliphatic rings. The average Bonchev–Trinajstić information content (AvgIpc) is 3.42. The van der Waals surface area contributed by atoms with Crippen LogP contribution in [0.1, 0.15) is 0 Å². The Bertz CT molecular complexity index is 1880. The van der Waals surface area contributed by atoms with Crippen LogP contribution < -0.4 is 0 Å². The van der Waals surface area contributed by atoms with Crippen molar-refractivity contribution >= 4 is 737 Å². The van der Waals surface area contributed by atoms with Crippen molar-refractivity contribution in [3.8, 4) is 0 Å².